The minimum Gasteiger partial charge on any atom is -0.463 e. The summed E-state index contributed by atoms with van der Waals surface area (Å²) in [5.41, 5.74) is 0. The Balaban J connectivity index is 2.94. The molecule has 22 heavy (non-hydrogen) atoms. The molecule has 0 bridgehead atoms. The summed E-state index contributed by atoms with van der Waals surface area (Å²) in [6, 6.07) is 0. The monoisotopic (exact) mass is 318 g/mol. The Hall–Kier alpha value is -2.16. The summed E-state index contributed by atoms with van der Waals surface area (Å²) in [6.07, 6.45) is -4.40. The van der Waals surface area contributed by atoms with Gasteiger partial charge in [-0.3, -0.25) is 19.2 Å². The van der Waals surface area contributed by atoms with Gasteiger partial charge in [-0.1, -0.05) is 0 Å². The van der Waals surface area contributed by atoms with E-state index in [0.29, 0.717) is 0 Å². The summed E-state index contributed by atoms with van der Waals surface area (Å²) in [6.45, 7) is 4.40. The summed E-state index contributed by atoms with van der Waals surface area (Å²) < 4.78 is 25.2. The molecule has 1 fully saturated rings. The predicted molar refractivity (Wildman–Crippen MR) is 68.2 cm³/mol. The number of carbonyl (C=O) groups excluding carboxylic acids is 4. The van der Waals surface area contributed by atoms with Crippen LogP contribution in [-0.4, -0.2) is 55.1 Å². The summed E-state index contributed by atoms with van der Waals surface area (Å²) >= 11 is 0. The molecular formula is C13H18O9. The molecule has 0 amide bonds. The van der Waals surface area contributed by atoms with Crippen LogP contribution in [0.1, 0.15) is 27.7 Å². The minimum atomic E-state index is -1.26. The molecule has 0 aromatic carbocycles. The fourth-order valence-electron chi connectivity index (χ4n) is 1.93. The third-order valence-electron chi connectivity index (χ3n) is 2.60. The number of hydrogen-bond acceptors (Lipinski definition) is 9. The molecule has 0 spiro atoms. The molecule has 1 heterocycles. The van der Waals surface area contributed by atoms with Gasteiger partial charge in [-0.2, -0.15) is 0 Å². The first-order valence-corrected chi connectivity index (χ1v) is 6.51. The van der Waals surface area contributed by atoms with Crippen LogP contribution in [0.15, 0.2) is 0 Å². The average Bonchev–Trinajstić information content (AvgIpc) is 2.63. The second kappa shape index (κ2) is 7.74. The molecule has 0 aliphatic carbocycles. The molecule has 0 radical (unpaired) electrons. The SMILES string of the molecule is CC(=O)OC[C@H]1O[C@H](OC(C)=O)[C@@H](OC(C)=O)[C@H]1OC(C)=O. The van der Waals surface area contributed by atoms with Gasteiger partial charge in [-0.15, -0.1) is 0 Å². The normalized spacial score (nSPS) is 26.9. The van der Waals surface area contributed by atoms with E-state index in [-0.39, 0.29) is 6.61 Å². The van der Waals surface area contributed by atoms with Crippen molar-refractivity contribution in [3.63, 3.8) is 0 Å². The van der Waals surface area contributed by atoms with Crippen molar-refractivity contribution in [2.24, 2.45) is 0 Å². The number of rotatable bonds is 5. The highest BCUT2D eigenvalue weighted by atomic mass is 16.8. The predicted octanol–water partition coefficient (Wildman–Crippen LogP) is -0.299. The fraction of sp³-hybridized carbons (Fsp3) is 0.692. The molecule has 1 rings (SSSR count). The standard InChI is InChI=1S/C13H18O9/c1-6(14)18-5-10-11(19-7(2)15)12(20-8(3)16)13(22-10)21-9(4)17/h10-13H,5H2,1-4H3/t10-,11+,12+,13+/m1/s1. The van der Waals surface area contributed by atoms with Gasteiger partial charge >= 0.3 is 23.9 Å². The van der Waals surface area contributed by atoms with E-state index < -0.39 is 48.5 Å². The van der Waals surface area contributed by atoms with Gasteiger partial charge in [0.1, 0.15) is 12.7 Å². The van der Waals surface area contributed by atoms with Crippen LogP contribution >= 0.6 is 0 Å². The lowest BCUT2D eigenvalue weighted by atomic mass is 10.1. The third kappa shape index (κ3) is 5.32. The number of hydrogen-bond donors (Lipinski definition) is 0. The highest BCUT2D eigenvalue weighted by Crippen LogP contribution is 2.28. The van der Waals surface area contributed by atoms with E-state index in [4.69, 9.17) is 23.7 Å². The Bertz CT molecular complexity index is 458. The van der Waals surface area contributed by atoms with Crippen LogP contribution in [0.25, 0.3) is 0 Å². The molecule has 1 aliphatic heterocycles. The fourth-order valence-corrected chi connectivity index (χ4v) is 1.93. The zero-order valence-corrected chi connectivity index (χ0v) is 12.7. The van der Waals surface area contributed by atoms with Crippen molar-refractivity contribution < 1.29 is 42.9 Å². The Morgan fingerprint density at radius 1 is 0.773 bits per heavy atom. The van der Waals surface area contributed by atoms with E-state index in [2.05, 4.69) is 0 Å². The molecule has 0 aromatic rings. The first-order chi connectivity index (χ1) is 10.2. The lowest BCUT2D eigenvalue weighted by molar-refractivity contribution is -0.197. The van der Waals surface area contributed by atoms with Gasteiger partial charge in [0.25, 0.3) is 0 Å². The zero-order chi connectivity index (χ0) is 16.9. The molecule has 0 unspecified atom stereocenters. The smallest absolute Gasteiger partial charge is 0.305 e. The van der Waals surface area contributed by atoms with Crippen molar-refractivity contribution in [1.82, 2.24) is 0 Å². The van der Waals surface area contributed by atoms with Crippen LogP contribution in [0, 0.1) is 0 Å². The quantitative estimate of drug-likeness (QED) is 0.497. The van der Waals surface area contributed by atoms with Gasteiger partial charge in [0.2, 0.25) is 12.4 Å². The van der Waals surface area contributed by atoms with E-state index in [1.165, 1.54) is 6.92 Å². The van der Waals surface area contributed by atoms with Gasteiger partial charge in [0, 0.05) is 27.7 Å². The molecule has 9 heteroatoms. The van der Waals surface area contributed by atoms with Crippen LogP contribution in [-0.2, 0) is 42.9 Å². The van der Waals surface area contributed by atoms with Crippen LogP contribution in [0.5, 0.6) is 0 Å². The van der Waals surface area contributed by atoms with Crippen molar-refractivity contribution in [2.75, 3.05) is 6.61 Å². The average molecular weight is 318 g/mol. The van der Waals surface area contributed by atoms with Crippen LogP contribution in [0.3, 0.4) is 0 Å². The van der Waals surface area contributed by atoms with Crippen molar-refractivity contribution in [1.29, 1.82) is 0 Å². The van der Waals surface area contributed by atoms with Crippen molar-refractivity contribution in [3.05, 3.63) is 0 Å². The van der Waals surface area contributed by atoms with Gasteiger partial charge in [-0.05, 0) is 0 Å². The summed E-state index contributed by atoms with van der Waals surface area (Å²) in [4.78, 5) is 44.4. The van der Waals surface area contributed by atoms with Gasteiger partial charge in [0.15, 0.2) is 6.10 Å². The Labute approximate surface area is 126 Å². The zero-order valence-electron chi connectivity index (χ0n) is 12.7. The summed E-state index contributed by atoms with van der Waals surface area (Å²) in [5, 5.41) is 0. The van der Waals surface area contributed by atoms with Gasteiger partial charge < -0.3 is 23.7 Å². The molecule has 0 saturated carbocycles. The lowest BCUT2D eigenvalue weighted by Gasteiger charge is -2.22. The van der Waals surface area contributed by atoms with Crippen molar-refractivity contribution >= 4 is 23.9 Å². The second-order valence-electron chi connectivity index (χ2n) is 4.60. The van der Waals surface area contributed by atoms with E-state index in [1.807, 2.05) is 0 Å². The third-order valence-corrected chi connectivity index (χ3v) is 2.60. The van der Waals surface area contributed by atoms with Crippen molar-refractivity contribution in [3.8, 4) is 0 Å². The Morgan fingerprint density at radius 3 is 1.73 bits per heavy atom. The second-order valence-corrected chi connectivity index (χ2v) is 4.60. The van der Waals surface area contributed by atoms with Crippen LogP contribution in [0.2, 0.25) is 0 Å². The molecule has 1 aliphatic rings. The molecule has 4 atom stereocenters. The maximum Gasteiger partial charge on any atom is 0.305 e. The first-order valence-electron chi connectivity index (χ1n) is 6.51. The van der Waals surface area contributed by atoms with Crippen molar-refractivity contribution in [2.45, 2.75) is 52.3 Å². The van der Waals surface area contributed by atoms with E-state index in [1.54, 1.807) is 0 Å². The number of carbonyl (C=O) groups is 4. The maximum absolute atomic E-state index is 11.2. The summed E-state index contributed by atoms with van der Waals surface area (Å²) in [5.74, 6) is -2.56. The molecule has 0 aromatic heterocycles. The van der Waals surface area contributed by atoms with Crippen LogP contribution < -0.4 is 0 Å². The van der Waals surface area contributed by atoms with E-state index in [0.717, 1.165) is 20.8 Å². The number of ether oxygens (including phenoxy) is 5. The number of esters is 4. The minimum absolute atomic E-state index is 0.247. The Morgan fingerprint density at radius 2 is 1.27 bits per heavy atom. The van der Waals surface area contributed by atoms with E-state index in [9.17, 15) is 19.2 Å². The maximum atomic E-state index is 11.2. The van der Waals surface area contributed by atoms with Gasteiger partial charge in [0.05, 0.1) is 0 Å². The highest BCUT2D eigenvalue weighted by Gasteiger charge is 2.51. The highest BCUT2D eigenvalue weighted by molar-refractivity contribution is 5.68. The van der Waals surface area contributed by atoms with E-state index >= 15 is 0 Å². The molecular weight excluding hydrogens is 300 g/mol. The Kier molecular flexibility index (Phi) is 6.29. The molecule has 9 nitrogen and oxygen atoms in total. The van der Waals surface area contributed by atoms with Crippen LogP contribution in [0.4, 0.5) is 0 Å². The molecule has 1 saturated heterocycles. The summed E-state index contributed by atoms with van der Waals surface area (Å²) in [7, 11) is 0. The first kappa shape index (κ1) is 17.9. The largest absolute Gasteiger partial charge is 0.463 e. The topological polar surface area (TPSA) is 114 Å². The lowest BCUT2D eigenvalue weighted by Crippen LogP contribution is -2.42. The molecule has 124 valence electrons. The molecule has 0 N–H and O–H groups in total. The van der Waals surface area contributed by atoms with Gasteiger partial charge in [-0.25, -0.2) is 0 Å².